The van der Waals surface area contributed by atoms with Gasteiger partial charge in [0, 0.05) is 18.6 Å². The molecule has 14 heavy (non-hydrogen) atoms. The lowest BCUT2D eigenvalue weighted by Gasteiger charge is -1.99. The summed E-state index contributed by atoms with van der Waals surface area (Å²) in [6.07, 6.45) is 1.01. The second-order valence-corrected chi connectivity index (χ2v) is 2.74. The van der Waals surface area contributed by atoms with Crippen LogP contribution in [0.15, 0.2) is 18.2 Å². The van der Waals surface area contributed by atoms with Crippen LogP contribution in [0.5, 0.6) is 0 Å². The molecule has 0 heterocycles. The number of hydrogen-bond donors (Lipinski definition) is 0. The van der Waals surface area contributed by atoms with Crippen LogP contribution >= 0.6 is 0 Å². The first-order valence-electron chi connectivity index (χ1n) is 4.01. The van der Waals surface area contributed by atoms with E-state index in [1.807, 2.05) is 0 Å². The molecule has 1 rings (SSSR count). The molecule has 1 aromatic rings. The van der Waals surface area contributed by atoms with E-state index in [9.17, 15) is 19.3 Å². The third-order valence-corrected chi connectivity index (χ3v) is 1.77. The Morgan fingerprint density at radius 3 is 2.79 bits per heavy atom. The first-order chi connectivity index (χ1) is 6.65. The highest BCUT2D eigenvalue weighted by Crippen LogP contribution is 2.17. The van der Waals surface area contributed by atoms with E-state index in [-0.39, 0.29) is 24.1 Å². The van der Waals surface area contributed by atoms with Crippen LogP contribution in [0.25, 0.3) is 0 Å². The number of aldehydes is 1. The highest BCUT2D eigenvalue weighted by Gasteiger charge is 2.09. The minimum atomic E-state index is -0.593. The van der Waals surface area contributed by atoms with Crippen molar-refractivity contribution in [3.8, 4) is 0 Å². The van der Waals surface area contributed by atoms with Crippen LogP contribution in [-0.2, 0) is 11.2 Å². The molecule has 1 aromatic carbocycles. The number of benzene rings is 1. The topological polar surface area (TPSA) is 60.2 Å². The molecule has 0 fully saturated rings. The number of non-ortho nitro benzene ring substituents is 1. The summed E-state index contributed by atoms with van der Waals surface area (Å²) in [6, 6.07) is 3.29. The first-order valence-corrected chi connectivity index (χ1v) is 4.01. The van der Waals surface area contributed by atoms with E-state index in [0.717, 1.165) is 18.2 Å². The van der Waals surface area contributed by atoms with Crippen LogP contribution in [-0.4, -0.2) is 11.2 Å². The number of carbonyl (C=O) groups is 1. The highest BCUT2D eigenvalue weighted by atomic mass is 19.1. The number of aryl methyl sites for hydroxylation is 1. The van der Waals surface area contributed by atoms with Gasteiger partial charge in [0.15, 0.2) is 0 Å². The maximum atomic E-state index is 13.0. The number of halogens is 1. The third kappa shape index (κ3) is 2.35. The Labute approximate surface area is 79.5 Å². The monoisotopic (exact) mass is 197 g/mol. The number of nitrogens with zero attached hydrogens (tertiary/aromatic N) is 1. The van der Waals surface area contributed by atoms with E-state index in [4.69, 9.17) is 0 Å². The molecule has 0 spiro atoms. The molecule has 4 nitrogen and oxygen atoms in total. The molecule has 5 heteroatoms. The number of hydrogen-bond acceptors (Lipinski definition) is 3. The molecule has 74 valence electrons. The summed E-state index contributed by atoms with van der Waals surface area (Å²) in [7, 11) is 0. The summed E-state index contributed by atoms with van der Waals surface area (Å²) in [5.74, 6) is -0.516. The largest absolute Gasteiger partial charge is 0.303 e. The normalized spacial score (nSPS) is 9.79. The van der Waals surface area contributed by atoms with Gasteiger partial charge in [0.2, 0.25) is 0 Å². The summed E-state index contributed by atoms with van der Waals surface area (Å²) >= 11 is 0. The molecule has 0 bridgehead atoms. The zero-order chi connectivity index (χ0) is 10.6. The molecule has 0 N–H and O–H groups in total. The van der Waals surface area contributed by atoms with Gasteiger partial charge in [-0.05, 0) is 18.1 Å². The number of nitro benzene ring substituents is 1. The van der Waals surface area contributed by atoms with Crippen molar-refractivity contribution in [3.05, 3.63) is 39.7 Å². The van der Waals surface area contributed by atoms with Gasteiger partial charge in [-0.15, -0.1) is 0 Å². The van der Waals surface area contributed by atoms with Crippen molar-refractivity contribution >= 4 is 12.0 Å². The van der Waals surface area contributed by atoms with Crippen LogP contribution < -0.4 is 0 Å². The van der Waals surface area contributed by atoms with Gasteiger partial charge in [-0.3, -0.25) is 10.1 Å². The highest BCUT2D eigenvalue weighted by molar-refractivity contribution is 5.50. The summed E-state index contributed by atoms with van der Waals surface area (Å²) in [4.78, 5) is 19.8. The summed E-state index contributed by atoms with van der Waals surface area (Å²) in [5, 5.41) is 10.4. The fraction of sp³-hybridized carbons (Fsp3) is 0.222. The van der Waals surface area contributed by atoms with Crippen molar-refractivity contribution < 1.29 is 14.1 Å². The van der Waals surface area contributed by atoms with Crippen LogP contribution in [0.2, 0.25) is 0 Å². The lowest BCUT2D eigenvalue weighted by atomic mass is 10.1. The van der Waals surface area contributed by atoms with Gasteiger partial charge in [0.25, 0.3) is 5.69 Å². The molecule has 0 aliphatic heterocycles. The van der Waals surface area contributed by atoms with Crippen molar-refractivity contribution in [1.82, 2.24) is 0 Å². The predicted molar refractivity (Wildman–Crippen MR) is 47.4 cm³/mol. The lowest BCUT2D eigenvalue weighted by molar-refractivity contribution is -0.385. The number of carbonyl (C=O) groups excluding carboxylic acids is 1. The van der Waals surface area contributed by atoms with Gasteiger partial charge in [-0.2, -0.15) is 0 Å². The summed E-state index contributed by atoms with van der Waals surface area (Å²) < 4.78 is 13.0. The maximum Gasteiger partial charge on any atom is 0.269 e. The fourth-order valence-electron chi connectivity index (χ4n) is 1.08. The van der Waals surface area contributed by atoms with Gasteiger partial charge in [0.1, 0.15) is 12.1 Å². The van der Waals surface area contributed by atoms with Gasteiger partial charge < -0.3 is 4.79 Å². The predicted octanol–water partition coefficient (Wildman–Crippen LogP) is 1.87. The molecule has 0 atom stereocenters. The van der Waals surface area contributed by atoms with Crippen LogP contribution in [0.3, 0.4) is 0 Å². The quantitative estimate of drug-likeness (QED) is 0.420. The molecular formula is C9H8FNO3. The van der Waals surface area contributed by atoms with Crippen molar-refractivity contribution in [3.63, 3.8) is 0 Å². The molecule has 0 aliphatic carbocycles. The maximum absolute atomic E-state index is 13.0. The van der Waals surface area contributed by atoms with Gasteiger partial charge in [-0.1, -0.05) is 0 Å². The van der Waals surface area contributed by atoms with Crippen molar-refractivity contribution in [2.75, 3.05) is 0 Å². The van der Waals surface area contributed by atoms with Crippen LogP contribution in [0, 0.1) is 15.9 Å². The van der Waals surface area contributed by atoms with Gasteiger partial charge >= 0.3 is 0 Å². The van der Waals surface area contributed by atoms with E-state index < -0.39 is 10.7 Å². The second kappa shape index (κ2) is 4.45. The van der Waals surface area contributed by atoms with E-state index in [2.05, 4.69) is 0 Å². The van der Waals surface area contributed by atoms with Gasteiger partial charge in [0.05, 0.1) is 4.92 Å². The minimum Gasteiger partial charge on any atom is -0.303 e. The average Bonchev–Trinajstić information content (AvgIpc) is 2.16. The molecule has 0 saturated carbocycles. The van der Waals surface area contributed by atoms with Gasteiger partial charge in [-0.25, -0.2) is 4.39 Å². The Kier molecular flexibility index (Phi) is 3.28. The molecule has 0 amide bonds. The summed E-state index contributed by atoms with van der Waals surface area (Å²) in [5.41, 5.74) is 0.0404. The molecule has 0 aliphatic rings. The Morgan fingerprint density at radius 1 is 1.50 bits per heavy atom. The van der Waals surface area contributed by atoms with Crippen LogP contribution in [0.4, 0.5) is 10.1 Å². The molecule has 0 aromatic heterocycles. The molecular weight excluding hydrogens is 189 g/mol. The molecule has 0 unspecified atom stereocenters. The number of rotatable bonds is 4. The van der Waals surface area contributed by atoms with Crippen molar-refractivity contribution in [2.45, 2.75) is 12.8 Å². The number of nitro groups is 1. The Bertz CT molecular complexity index is 365. The zero-order valence-corrected chi connectivity index (χ0v) is 7.27. The Hall–Kier alpha value is -1.78. The lowest BCUT2D eigenvalue weighted by Crippen LogP contribution is -1.95. The molecule has 0 saturated heterocycles. The van der Waals surface area contributed by atoms with E-state index in [0.29, 0.717) is 6.29 Å². The SMILES string of the molecule is O=CCCc1cc([N+](=O)[O-])ccc1F. The van der Waals surface area contributed by atoms with E-state index in [1.54, 1.807) is 0 Å². The average molecular weight is 197 g/mol. The Balaban J connectivity index is 2.95. The standard InChI is InChI=1S/C9H8FNO3/c10-9-4-3-8(11(13)14)6-7(9)2-1-5-12/h3-6H,1-2H2. The van der Waals surface area contributed by atoms with Crippen molar-refractivity contribution in [1.29, 1.82) is 0 Å². The van der Waals surface area contributed by atoms with Crippen molar-refractivity contribution in [2.24, 2.45) is 0 Å². The van der Waals surface area contributed by atoms with E-state index in [1.165, 1.54) is 0 Å². The van der Waals surface area contributed by atoms with E-state index >= 15 is 0 Å². The zero-order valence-electron chi connectivity index (χ0n) is 7.27. The van der Waals surface area contributed by atoms with Crippen LogP contribution in [0.1, 0.15) is 12.0 Å². The summed E-state index contributed by atoms with van der Waals surface area (Å²) in [6.45, 7) is 0. The molecule has 0 radical (unpaired) electrons. The minimum absolute atomic E-state index is 0.160. The Morgan fingerprint density at radius 2 is 2.21 bits per heavy atom. The smallest absolute Gasteiger partial charge is 0.269 e. The fourth-order valence-corrected chi connectivity index (χ4v) is 1.08. The second-order valence-electron chi connectivity index (χ2n) is 2.74. The first kappa shape index (κ1) is 10.3. The third-order valence-electron chi connectivity index (χ3n) is 1.77.